The van der Waals surface area contributed by atoms with Gasteiger partial charge in [0, 0.05) is 6.54 Å². The number of likely N-dealkylation sites (N-methyl/N-ethyl adjacent to an activating group) is 1. The highest BCUT2D eigenvalue weighted by Crippen LogP contribution is 2.33. The number of thioether (sulfide) groups is 1. The molecule has 0 aromatic heterocycles. The molecule has 4 nitrogen and oxygen atoms in total. The van der Waals surface area contributed by atoms with Crippen LogP contribution in [0.25, 0.3) is 6.08 Å². The van der Waals surface area contributed by atoms with Crippen LogP contribution in [0.1, 0.15) is 12.5 Å². The number of nitrogens with zero attached hydrogens (tertiary/aromatic N) is 1. The van der Waals surface area contributed by atoms with E-state index >= 15 is 0 Å². The molecule has 1 heterocycles. The number of amides is 2. The molecule has 0 saturated carbocycles. The number of rotatable bonds is 3. The second-order valence-corrected chi connectivity index (χ2v) is 5.67. The van der Waals surface area contributed by atoms with Crippen molar-refractivity contribution >= 4 is 44.9 Å². The Balaban J connectivity index is 2.30. The Labute approximate surface area is 123 Å². The molecule has 1 aliphatic heterocycles. The highest BCUT2D eigenvalue weighted by molar-refractivity contribution is 9.10. The van der Waals surface area contributed by atoms with Gasteiger partial charge in [0.05, 0.1) is 16.5 Å². The van der Waals surface area contributed by atoms with Gasteiger partial charge in [0.1, 0.15) is 5.75 Å². The number of hydrogen-bond acceptors (Lipinski definition) is 4. The molecule has 1 aromatic carbocycles. The standard InChI is InChI=1S/C13H12BrNO3S/c1-3-15-12(16)11(19-13(15)17)7-8-4-5-10(18-2)9(14)6-8/h4-7H,3H2,1-2H3/b11-7+. The molecule has 6 heteroatoms. The lowest BCUT2D eigenvalue weighted by Crippen LogP contribution is -2.27. The molecule has 0 spiro atoms. The van der Waals surface area contributed by atoms with Gasteiger partial charge in [0.2, 0.25) is 0 Å². The van der Waals surface area contributed by atoms with Crippen molar-refractivity contribution in [3.63, 3.8) is 0 Å². The fourth-order valence-corrected chi connectivity index (χ4v) is 3.16. The maximum absolute atomic E-state index is 11.9. The molecule has 0 radical (unpaired) electrons. The van der Waals surface area contributed by atoms with Crippen molar-refractivity contribution in [3.8, 4) is 5.75 Å². The molecule has 0 N–H and O–H groups in total. The van der Waals surface area contributed by atoms with Gasteiger partial charge in [-0.2, -0.15) is 0 Å². The average molecular weight is 342 g/mol. The van der Waals surface area contributed by atoms with E-state index in [-0.39, 0.29) is 11.1 Å². The summed E-state index contributed by atoms with van der Waals surface area (Å²) in [5.74, 6) is 0.489. The fraction of sp³-hybridized carbons (Fsp3) is 0.231. The summed E-state index contributed by atoms with van der Waals surface area (Å²) in [5, 5.41) is -0.216. The van der Waals surface area contributed by atoms with Crippen molar-refractivity contribution < 1.29 is 14.3 Å². The van der Waals surface area contributed by atoms with E-state index in [1.165, 1.54) is 4.90 Å². The second kappa shape index (κ2) is 5.79. The van der Waals surface area contributed by atoms with Gasteiger partial charge >= 0.3 is 0 Å². The summed E-state index contributed by atoms with van der Waals surface area (Å²) < 4.78 is 5.94. The van der Waals surface area contributed by atoms with Crippen LogP contribution < -0.4 is 4.74 Å². The van der Waals surface area contributed by atoms with Crippen LogP contribution in [0.15, 0.2) is 27.6 Å². The SMILES string of the molecule is CCN1C(=O)S/C(=C/c2ccc(OC)c(Br)c2)C1=O. The maximum Gasteiger partial charge on any atom is 0.293 e. The first-order valence-electron chi connectivity index (χ1n) is 5.65. The third-order valence-electron chi connectivity index (χ3n) is 2.66. The summed E-state index contributed by atoms with van der Waals surface area (Å²) in [6, 6.07) is 5.49. The lowest BCUT2D eigenvalue weighted by Gasteiger charge is -2.07. The van der Waals surface area contributed by atoms with Crippen LogP contribution in [-0.2, 0) is 4.79 Å². The molecule has 100 valence electrons. The Morgan fingerprint density at radius 1 is 1.42 bits per heavy atom. The van der Waals surface area contributed by atoms with Gasteiger partial charge in [-0.1, -0.05) is 6.07 Å². The second-order valence-electron chi connectivity index (χ2n) is 3.82. The van der Waals surface area contributed by atoms with Gasteiger partial charge in [0.15, 0.2) is 0 Å². The lowest BCUT2D eigenvalue weighted by atomic mass is 10.2. The van der Waals surface area contributed by atoms with E-state index in [0.717, 1.165) is 27.5 Å². The van der Waals surface area contributed by atoms with E-state index in [2.05, 4.69) is 15.9 Å². The fourth-order valence-electron chi connectivity index (χ4n) is 1.70. The molecule has 2 rings (SSSR count). The predicted molar refractivity (Wildman–Crippen MR) is 79.0 cm³/mol. The Morgan fingerprint density at radius 3 is 2.68 bits per heavy atom. The number of methoxy groups -OCH3 is 1. The number of ether oxygens (including phenoxy) is 1. The lowest BCUT2D eigenvalue weighted by molar-refractivity contribution is -0.122. The molecule has 0 unspecified atom stereocenters. The number of halogens is 1. The van der Waals surface area contributed by atoms with E-state index in [1.54, 1.807) is 26.2 Å². The first-order valence-corrected chi connectivity index (χ1v) is 7.26. The third kappa shape index (κ3) is 2.84. The normalized spacial score (nSPS) is 17.4. The van der Waals surface area contributed by atoms with Gasteiger partial charge in [-0.25, -0.2) is 0 Å². The topological polar surface area (TPSA) is 46.6 Å². The zero-order valence-corrected chi connectivity index (χ0v) is 12.9. The molecule has 0 atom stereocenters. The first kappa shape index (κ1) is 14.1. The van der Waals surface area contributed by atoms with Crippen LogP contribution in [0.4, 0.5) is 4.79 Å². The van der Waals surface area contributed by atoms with Crippen molar-refractivity contribution in [2.75, 3.05) is 13.7 Å². The minimum atomic E-state index is -0.232. The number of carbonyl (C=O) groups is 2. The van der Waals surface area contributed by atoms with Crippen LogP contribution in [0.3, 0.4) is 0 Å². The molecule has 1 aromatic rings. The minimum absolute atomic E-state index is 0.216. The summed E-state index contributed by atoms with van der Waals surface area (Å²) in [4.78, 5) is 25.2. The highest BCUT2D eigenvalue weighted by atomic mass is 79.9. The van der Waals surface area contributed by atoms with E-state index in [4.69, 9.17) is 4.74 Å². The number of hydrogen-bond donors (Lipinski definition) is 0. The van der Waals surface area contributed by atoms with Gasteiger partial charge in [-0.3, -0.25) is 14.5 Å². The van der Waals surface area contributed by atoms with Crippen molar-refractivity contribution in [1.82, 2.24) is 4.90 Å². The van der Waals surface area contributed by atoms with Crippen LogP contribution >= 0.6 is 27.7 Å². The molecule has 0 bridgehead atoms. The average Bonchev–Trinajstić information content (AvgIpc) is 2.64. The number of benzene rings is 1. The Bertz CT molecular complexity index is 571. The Kier molecular flexibility index (Phi) is 4.31. The van der Waals surface area contributed by atoms with Gasteiger partial charge in [-0.15, -0.1) is 0 Å². The summed E-state index contributed by atoms with van der Waals surface area (Å²) >= 11 is 4.35. The zero-order valence-electron chi connectivity index (χ0n) is 10.5. The molecule has 1 fully saturated rings. The zero-order chi connectivity index (χ0) is 14.0. The molecule has 1 aliphatic rings. The Morgan fingerprint density at radius 2 is 2.16 bits per heavy atom. The largest absolute Gasteiger partial charge is 0.496 e. The van der Waals surface area contributed by atoms with Crippen molar-refractivity contribution in [2.24, 2.45) is 0 Å². The Hall–Kier alpha value is -1.27. The quantitative estimate of drug-likeness (QED) is 0.789. The minimum Gasteiger partial charge on any atom is -0.496 e. The van der Waals surface area contributed by atoms with Gasteiger partial charge in [0.25, 0.3) is 11.1 Å². The first-order chi connectivity index (χ1) is 9.06. The number of imide groups is 1. The highest BCUT2D eigenvalue weighted by Gasteiger charge is 2.33. The monoisotopic (exact) mass is 341 g/mol. The third-order valence-corrected chi connectivity index (χ3v) is 4.19. The van der Waals surface area contributed by atoms with Crippen LogP contribution in [-0.4, -0.2) is 29.7 Å². The van der Waals surface area contributed by atoms with Crippen LogP contribution in [0.5, 0.6) is 5.75 Å². The van der Waals surface area contributed by atoms with Crippen molar-refractivity contribution in [1.29, 1.82) is 0 Å². The predicted octanol–water partition coefficient (Wildman–Crippen LogP) is 3.51. The van der Waals surface area contributed by atoms with E-state index in [9.17, 15) is 9.59 Å². The number of carbonyl (C=O) groups excluding carboxylic acids is 2. The van der Waals surface area contributed by atoms with E-state index < -0.39 is 0 Å². The summed E-state index contributed by atoms with van der Waals surface area (Å²) in [6.45, 7) is 2.18. The van der Waals surface area contributed by atoms with Gasteiger partial charge < -0.3 is 4.74 Å². The van der Waals surface area contributed by atoms with Crippen LogP contribution in [0.2, 0.25) is 0 Å². The van der Waals surface area contributed by atoms with Crippen LogP contribution in [0, 0.1) is 0 Å². The molecular weight excluding hydrogens is 330 g/mol. The van der Waals surface area contributed by atoms with E-state index in [0.29, 0.717) is 11.4 Å². The smallest absolute Gasteiger partial charge is 0.293 e. The molecule has 1 saturated heterocycles. The van der Waals surface area contributed by atoms with Crippen molar-refractivity contribution in [2.45, 2.75) is 6.92 Å². The maximum atomic E-state index is 11.9. The van der Waals surface area contributed by atoms with E-state index in [1.807, 2.05) is 12.1 Å². The van der Waals surface area contributed by atoms with Crippen molar-refractivity contribution in [3.05, 3.63) is 33.1 Å². The summed E-state index contributed by atoms with van der Waals surface area (Å²) in [6.07, 6.45) is 1.71. The molecule has 0 aliphatic carbocycles. The summed E-state index contributed by atoms with van der Waals surface area (Å²) in [7, 11) is 1.59. The van der Waals surface area contributed by atoms with Gasteiger partial charge in [-0.05, 0) is 58.4 Å². The molecular formula is C13H12BrNO3S. The summed E-state index contributed by atoms with van der Waals surface area (Å²) in [5.41, 5.74) is 0.842. The molecule has 2 amide bonds. The molecule has 19 heavy (non-hydrogen) atoms.